The van der Waals surface area contributed by atoms with Gasteiger partial charge in [0.1, 0.15) is 5.75 Å². The SMILES string of the molecule is CCN(C)c1ccc(C(=O)N2CCN(C(=O)c3ccc(O)cc3)CC2)cc1. The molecule has 0 aliphatic carbocycles. The zero-order valence-electron chi connectivity index (χ0n) is 15.8. The average molecular weight is 367 g/mol. The number of phenolic OH excluding ortho intramolecular Hbond substituents is 1. The molecule has 0 atom stereocenters. The van der Waals surface area contributed by atoms with Crippen LogP contribution in [-0.4, -0.2) is 66.5 Å². The number of nitrogens with zero attached hydrogens (tertiary/aromatic N) is 3. The zero-order valence-corrected chi connectivity index (χ0v) is 15.8. The summed E-state index contributed by atoms with van der Waals surface area (Å²) in [6.07, 6.45) is 0. The number of hydrogen-bond donors (Lipinski definition) is 1. The quantitative estimate of drug-likeness (QED) is 0.902. The highest BCUT2D eigenvalue weighted by atomic mass is 16.3. The Balaban J connectivity index is 1.59. The first-order chi connectivity index (χ1) is 13.0. The molecular weight excluding hydrogens is 342 g/mol. The second-order valence-corrected chi connectivity index (χ2v) is 6.69. The Morgan fingerprint density at radius 1 is 0.852 bits per heavy atom. The standard InChI is InChI=1S/C21H25N3O3/c1-3-22(2)18-8-4-16(5-9-18)20(26)23-12-14-24(15-13-23)21(27)17-6-10-19(25)11-7-17/h4-11,25H,3,12-15H2,1-2H3. The number of carbonyl (C=O) groups excluding carboxylic acids is 2. The minimum absolute atomic E-state index is 0.00238. The number of aromatic hydroxyl groups is 1. The summed E-state index contributed by atoms with van der Waals surface area (Å²) in [5.74, 6) is 0.0598. The van der Waals surface area contributed by atoms with E-state index in [-0.39, 0.29) is 17.6 Å². The molecule has 0 spiro atoms. The summed E-state index contributed by atoms with van der Waals surface area (Å²) in [7, 11) is 2.02. The number of rotatable bonds is 4. The van der Waals surface area contributed by atoms with Crippen LogP contribution in [0.5, 0.6) is 5.75 Å². The van der Waals surface area contributed by atoms with Crippen LogP contribution in [0.1, 0.15) is 27.6 Å². The minimum Gasteiger partial charge on any atom is -0.508 e. The fraction of sp³-hybridized carbons (Fsp3) is 0.333. The number of anilines is 1. The summed E-state index contributed by atoms with van der Waals surface area (Å²) < 4.78 is 0. The first-order valence-corrected chi connectivity index (χ1v) is 9.18. The van der Waals surface area contributed by atoms with E-state index in [4.69, 9.17) is 0 Å². The lowest BCUT2D eigenvalue weighted by Gasteiger charge is -2.35. The predicted molar refractivity (Wildman–Crippen MR) is 105 cm³/mol. The molecule has 0 saturated carbocycles. The maximum absolute atomic E-state index is 12.7. The molecule has 2 aromatic rings. The van der Waals surface area contributed by atoms with Crippen molar-refractivity contribution in [3.8, 4) is 5.75 Å². The molecule has 0 bridgehead atoms. The molecule has 0 unspecified atom stereocenters. The van der Waals surface area contributed by atoms with Crippen molar-refractivity contribution < 1.29 is 14.7 Å². The summed E-state index contributed by atoms with van der Waals surface area (Å²) in [5, 5.41) is 9.34. The highest BCUT2D eigenvalue weighted by molar-refractivity contribution is 5.96. The van der Waals surface area contributed by atoms with E-state index in [0.29, 0.717) is 37.3 Å². The highest BCUT2D eigenvalue weighted by Gasteiger charge is 2.25. The van der Waals surface area contributed by atoms with Crippen LogP contribution in [-0.2, 0) is 0 Å². The molecule has 6 nitrogen and oxygen atoms in total. The van der Waals surface area contributed by atoms with Gasteiger partial charge in [0.05, 0.1) is 0 Å². The van der Waals surface area contributed by atoms with Gasteiger partial charge in [-0.2, -0.15) is 0 Å². The predicted octanol–water partition coefficient (Wildman–Crippen LogP) is 2.45. The first kappa shape index (κ1) is 18.8. The smallest absolute Gasteiger partial charge is 0.253 e. The third-order valence-corrected chi connectivity index (χ3v) is 5.00. The van der Waals surface area contributed by atoms with Crippen LogP contribution >= 0.6 is 0 Å². The van der Waals surface area contributed by atoms with Gasteiger partial charge in [0, 0.05) is 56.6 Å². The number of carbonyl (C=O) groups is 2. The van der Waals surface area contributed by atoms with E-state index in [9.17, 15) is 14.7 Å². The topological polar surface area (TPSA) is 64.1 Å². The molecule has 142 valence electrons. The van der Waals surface area contributed by atoms with Crippen molar-refractivity contribution in [2.75, 3.05) is 44.7 Å². The largest absolute Gasteiger partial charge is 0.508 e. The molecule has 0 radical (unpaired) electrons. The van der Waals surface area contributed by atoms with E-state index in [1.165, 1.54) is 12.1 Å². The Kier molecular flexibility index (Phi) is 5.64. The summed E-state index contributed by atoms with van der Waals surface area (Å²) in [4.78, 5) is 30.9. The molecule has 2 amide bonds. The molecular formula is C21H25N3O3. The number of benzene rings is 2. The van der Waals surface area contributed by atoms with Crippen LogP contribution in [0.2, 0.25) is 0 Å². The number of phenols is 1. The van der Waals surface area contributed by atoms with Crippen LogP contribution in [0.15, 0.2) is 48.5 Å². The monoisotopic (exact) mass is 367 g/mol. The van der Waals surface area contributed by atoms with Crippen molar-refractivity contribution in [1.82, 2.24) is 9.80 Å². The maximum Gasteiger partial charge on any atom is 0.253 e. The summed E-state index contributed by atoms with van der Waals surface area (Å²) in [6.45, 7) is 5.02. The van der Waals surface area contributed by atoms with Crippen molar-refractivity contribution in [3.63, 3.8) is 0 Å². The highest BCUT2D eigenvalue weighted by Crippen LogP contribution is 2.17. The van der Waals surface area contributed by atoms with Crippen LogP contribution in [0, 0.1) is 0 Å². The van der Waals surface area contributed by atoms with Gasteiger partial charge in [-0.1, -0.05) is 0 Å². The van der Waals surface area contributed by atoms with Gasteiger partial charge in [0.25, 0.3) is 11.8 Å². The molecule has 3 rings (SSSR count). The van der Waals surface area contributed by atoms with E-state index in [2.05, 4.69) is 11.8 Å². The van der Waals surface area contributed by atoms with Gasteiger partial charge in [-0.3, -0.25) is 9.59 Å². The normalized spacial score (nSPS) is 14.1. The van der Waals surface area contributed by atoms with E-state index in [0.717, 1.165) is 12.2 Å². The van der Waals surface area contributed by atoms with Gasteiger partial charge in [-0.05, 0) is 55.5 Å². The molecule has 1 saturated heterocycles. The number of hydrogen-bond acceptors (Lipinski definition) is 4. The lowest BCUT2D eigenvalue weighted by atomic mass is 10.1. The Hall–Kier alpha value is -3.02. The molecule has 1 aliphatic heterocycles. The molecule has 1 aliphatic rings. The lowest BCUT2D eigenvalue weighted by Crippen LogP contribution is -2.50. The Morgan fingerprint density at radius 2 is 1.26 bits per heavy atom. The van der Waals surface area contributed by atoms with Crippen LogP contribution in [0.25, 0.3) is 0 Å². The van der Waals surface area contributed by atoms with E-state index in [1.54, 1.807) is 21.9 Å². The zero-order chi connectivity index (χ0) is 19.4. The molecule has 0 aromatic heterocycles. The van der Waals surface area contributed by atoms with Crippen LogP contribution < -0.4 is 4.90 Å². The fourth-order valence-corrected chi connectivity index (χ4v) is 3.12. The third-order valence-electron chi connectivity index (χ3n) is 5.00. The molecule has 27 heavy (non-hydrogen) atoms. The number of piperazine rings is 1. The van der Waals surface area contributed by atoms with Crippen molar-refractivity contribution in [1.29, 1.82) is 0 Å². The van der Waals surface area contributed by atoms with E-state index >= 15 is 0 Å². The van der Waals surface area contributed by atoms with Crippen LogP contribution in [0.3, 0.4) is 0 Å². The molecule has 1 heterocycles. The van der Waals surface area contributed by atoms with Crippen LogP contribution in [0.4, 0.5) is 5.69 Å². The van der Waals surface area contributed by atoms with Crippen molar-refractivity contribution >= 4 is 17.5 Å². The van der Waals surface area contributed by atoms with Gasteiger partial charge < -0.3 is 19.8 Å². The van der Waals surface area contributed by atoms with Gasteiger partial charge in [-0.15, -0.1) is 0 Å². The Labute approximate surface area is 159 Å². The third kappa shape index (κ3) is 4.22. The van der Waals surface area contributed by atoms with Gasteiger partial charge in [-0.25, -0.2) is 0 Å². The molecule has 1 fully saturated rings. The van der Waals surface area contributed by atoms with E-state index < -0.39 is 0 Å². The van der Waals surface area contributed by atoms with Gasteiger partial charge >= 0.3 is 0 Å². The van der Waals surface area contributed by atoms with Crippen molar-refractivity contribution in [3.05, 3.63) is 59.7 Å². The first-order valence-electron chi connectivity index (χ1n) is 9.18. The van der Waals surface area contributed by atoms with Gasteiger partial charge in [0.2, 0.25) is 0 Å². The van der Waals surface area contributed by atoms with E-state index in [1.807, 2.05) is 31.3 Å². The minimum atomic E-state index is -0.0749. The summed E-state index contributed by atoms with van der Waals surface area (Å²) in [6, 6.07) is 13.9. The Bertz CT molecular complexity index is 794. The van der Waals surface area contributed by atoms with Gasteiger partial charge in [0.15, 0.2) is 0 Å². The number of amides is 2. The second-order valence-electron chi connectivity index (χ2n) is 6.69. The Morgan fingerprint density at radius 3 is 1.67 bits per heavy atom. The summed E-state index contributed by atoms with van der Waals surface area (Å²) in [5.41, 5.74) is 2.29. The molecule has 2 aromatic carbocycles. The fourth-order valence-electron chi connectivity index (χ4n) is 3.12. The molecule has 6 heteroatoms. The average Bonchev–Trinajstić information content (AvgIpc) is 2.73. The maximum atomic E-state index is 12.7. The summed E-state index contributed by atoms with van der Waals surface area (Å²) >= 11 is 0. The lowest BCUT2D eigenvalue weighted by molar-refractivity contribution is 0.0535. The second kappa shape index (κ2) is 8.12. The van der Waals surface area contributed by atoms with Crippen molar-refractivity contribution in [2.24, 2.45) is 0 Å². The van der Waals surface area contributed by atoms with Crippen molar-refractivity contribution in [2.45, 2.75) is 6.92 Å². The molecule has 1 N–H and O–H groups in total.